The highest BCUT2D eigenvalue weighted by atomic mass is 16.5. The van der Waals surface area contributed by atoms with Gasteiger partial charge in [0.05, 0.1) is 19.8 Å². The largest absolute Gasteiger partial charge is 0.396 e. The number of aliphatic hydroxyl groups is 2. The summed E-state index contributed by atoms with van der Waals surface area (Å²) in [5, 5.41) is 18.3. The molecule has 0 amide bonds. The number of nitrogens with zero attached hydrogens (tertiary/aromatic N) is 1. The lowest BCUT2D eigenvalue weighted by Crippen LogP contribution is -2.43. The second-order valence-electron chi connectivity index (χ2n) is 4.56. The first kappa shape index (κ1) is 11.9. The Morgan fingerprint density at radius 3 is 2.50 bits per heavy atom. The molecule has 1 aliphatic heterocycles. The average Bonchev–Trinajstić information content (AvgIpc) is 2.70. The van der Waals surface area contributed by atoms with Crippen LogP contribution in [0.4, 0.5) is 0 Å². The van der Waals surface area contributed by atoms with Gasteiger partial charge in [0.1, 0.15) is 0 Å². The van der Waals surface area contributed by atoms with Gasteiger partial charge < -0.3 is 19.8 Å². The number of hydrogen-bond donors (Lipinski definition) is 2. The van der Waals surface area contributed by atoms with Crippen LogP contribution in [0, 0.1) is 5.41 Å². The summed E-state index contributed by atoms with van der Waals surface area (Å²) in [6.45, 7) is 4.21. The minimum absolute atomic E-state index is 0.0153. The van der Waals surface area contributed by atoms with E-state index in [1.54, 1.807) is 0 Å². The lowest BCUT2D eigenvalue weighted by Gasteiger charge is -2.33. The molecule has 14 heavy (non-hydrogen) atoms. The molecule has 4 nitrogen and oxygen atoms in total. The fourth-order valence-corrected chi connectivity index (χ4v) is 1.75. The highest BCUT2D eigenvalue weighted by molar-refractivity contribution is 4.81. The molecule has 1 aliphatic rings. The molecular formula is C10H21NO3. The molecular weight excluding hydrogens is 182 g/mol. The van der Waals surface area contributed by atoms with E-state index in [1.165, 1.54) is 0 Å². The van der Waals surface area contributed by atoms with Gasteiger partial charge in [-0.2, -0.15) is 0 Å². The van der Waals surface area contributed by atoms with E-state index in [0.717, 1.165) is 19.6 Å². The van der Waals surface area contributed by atoms with E-state index < -0.39 is 5.41 Å². The Morgan fingerprint density at radius 1 is 1.43 bits per heavy atom. The third-order valence-corrected chi connectivity index (χ3v) is 2.92. The van der Waals surface area contributed by atoms with Gasteiger partial charge in [0.2, 0.25) is 0 Å². The van der Waals surface area contributed by atoms with Crippen molar-refractivity contribution in [1.82, 2.24) is 4.90 Å². The molecule has 1 saturated heterocycles. The van der Waals surface area contributed by atoms with Crippen molar-refractivity contribution < 1.29 is 14.9 Å². The molecule has 0 aliphatic carbocycles. The van der Waals surface area contributed by atoms with Gasteiger partial charge in [0.25, 0.3) is 0 Å². The fraction of sp³-hybridized carbons (Fsp3) is 1.00. The third kappa shape index (κ3) is 2.92. The summed E-state index contributed by atoms with van der Waals surface area (Å²) >= 11 is 0. The molecule has 1 heterocycles. The zero-order chi connectivity index (χ0) is 10.6. The van der Waals surface area contributed by atoms with Gasteiger partial charge in [-0.1, -0.05) is 6.92 Å². The Balaban J connectivity index is 2.41. The maximum absolute atomic E-state index is 9.16. The van der Waals surface area contributed by atoms with Crippen LogP contribution < -0.4 is 0 Å². The van der Waals surface area contributed by atoms with Crippen LogP contribution in [0.25, 0.3) is 0 Å². The first-order valence-electron chi connectivity index (χ1n) is 5.11. The summed E-state index contributed by atoms with van der Waals surface area (Å²) in [5.41, 5.74) is -0.405. The van der Waals surface area contributed by atoms with E-state index in [-0.39, 0.29) is 13.2 Å². The van der Waals surface area contributed by atoms with Gasteiger partial charge in [-0.05, 0) is 13.5 Å². The standard InChI is InChI=1S/C10H21NO3/c1-10(7-12,8-13)6-11(2)9-3-4-14-5-9/h9,12-13H,3-8H2,1-2H3. The lowest BCUT2D eigenvalue weighted by atomic mass is 9.92. The van der Waals surface area contributed by atoms with Crippen LogP contribution in [0.15, 0.2) is 0 Å². The SMILES string of the molecule is CN(CC(C)(CO)CO)C1CCOC1. The Hall–Kier alpha value is -0.160. The second-order valence-corrected chi connectivity index (χ2v) is 4.56. The van der Waals surface area contributed by atoms with E-state index in [2.05, 4.69) is 4.90 Å². The normalized spacial score (nSPS) is 23.4. The monoisotopic (exact) mass is 203 g/mol. The summed E-state index contributed by atoms with van der Waals surface area (Å²) < 4.78 is 5.29. The number of ether oxygens (including phenoxy) is 1. The third-order valence-electron chi connectivity index (χ3n) is 2.92. The van der Waals surface area contributed by atoms with Crippen molar-refractivity contribution >= 4 is 0 Å². The molecule has 1 unspecified atom stereocenters. The molecule has 1 fully saturated rings. The molecule has 1 rings (SSSR count). The van der Waals surface area contributed by atoms with E-state index in [0.29, 0.717) is 12.6 Å². The molecule has 1 atom stereocenters. The van der Waals surface area contributed by atoms with Crippen LogP contribution in [0.1, 0.15) is 13.3 Å². The number of aliphatic hydroxyl groups excluding tert-OH is 2. The zero-order valence-electron chi connectivity index (χ0n) is 9.07. The molecule has 2 N–H and O–H groups in total. The Bertz CT molecular complexity index is 165. The van der Waals surface area contributed by atoms with Crippen molar-refractivity contribution in [3.05, 3.63) is 0 Å². The molecule has 0 aromatic carbocycles. The summed E-state index contributed by atoms with van der Waals surface area (Å²) in [4.78, 5) is 2.17. The highest BCUT2D eigenvalue weighted by Crippen LogP contribution is 2.19. The van der Waals surface area contributed by atoms with E-state index in [9.17, 15) is 0 Å². The first-order chi connectivity index (χ1) is 6.61. The number of likely N-dealkylation sites (N-methyl/N-ethyl adjacent to an activating group) is 1. The molecule has 0 spiro atoms. The second kappa shape index (κ2) is 5.07. The van der Waals surface area contributed by atoms with Crippen molar-refractivity contribution in [3.8, 4) is 0 Å². The number of rotatable bonds is 5. The van der Waals surface area contributed by atoms with Crippen LogP contribution in [0.5, 0.6) is 0 Å². The van der Waals surface area contributed by atoms with Crippen LogP contribution in [-0.2, 0) is 4.74 Å². The van der Waals surface area contributed by atoms with Crippen LogP contribution in [0.2, 0.25) is 0 Å². The molecule has 0 aromatic rings. The predicted octanol–water partition coefficient (Wildman–Crippen LogP) is -0.302. The topological polar surface area (TPSA) is 52.9 Å². The molecule has 0 aromatic heterocycles. The van der Waals surface area contributed by atoms with Gasteiger partial charge in [0, 0.05) is 24.6 Å². The van der Waals surface area contributed by atoms with Crippen molar-refractivity contribution in [2.75, 3.05) is 40.0 Å². The Kier molecular flexibility index (Phi) is 4.31. The summed E-state index contributed by atoms with van der Waals surface area (Å²) in [7, 11) is 2.02. The van der Waals surface area contributed by atoms with Crippen molar-refractivity contribution in [2.45, 2.75) is 19.4 Å². The predicted molar refractivity (Wildman–Crippen MR) is 54.1 cm³/mol. The minimum atomic E-state index is -0.405. The van der Waals surface area contributed by atoms with E-state index in [1.807, 2.05) is 14.0 Å². The molecule has 0 saturated carbocycles. The van der Waals surface area contributed by atoms with Gasteiger partial charge in [-0.15, -0.1) is 0 Å². The van der Waals surface area contributed by atoms with Crippen LogP contribution >= 0.6 is 0 Å². The van der Waals surface area contributed by atoms with Crippen LogP contribution in [0.3, 0.4) is 0 Å². The van der Waals surface area contributed by atoms with Crippen molar-refractivity contribution in [1.29, 1.82) is 0 Å². The van der Waals surface area contributed by atoms with Gasteiger partial charge in [0.15, 0.2) is 0 Å². The average molecular weight is 203 g/mol. The van der Waals surface area contributed by atoms with Gasteiger partial charge in [-0.25, -0.2) is 0 Å². The van der Waals surface area contributed by atoms with Crippen molar-refractivity contribution in [3.63, 3.8) is 0 Å². The van der Waals surface area contributed by atoms with E-state index >= 15 is 0 Å². The first-order valence-corrected chi connectivity index (χ1v) is 5.11. The minimum Gasteiger partial charge on any atom is -0.396 e. The Morgan fingerprint density at radius 2 is 2.07 bits per heavy atom. The molecule has 0 bridgehead atoms. The smallest absolute Gasteiger partial charge is 0.0622 e. The summed E-state index contributed by atoms with van der Waals surface area (Å²) in [6.07, 6.45) is 1.05. The van der Waals surface area contributed by atoms with Crippen LogP contribution in [-0.4, -0.2) is 61.2 Å². The molecule has 84 valence electrons. The highest BCUT2D eigenvalue weighted by Gasteiger charge is 2.28. The molecule has 4 heteroatoms. The number of hydrogen-bond acceptors (Lipinski definition) is 4. The quantitative estimate of drug-likeness (QED) is 0.644. The van der Waals surface area contributed by atoms with Gasteiger partial charge >= 0.3 is 0 Å². The summed E-state index contributed by atoms with van der Waals surface area (Å²) in [6, 6.07) is 0.437. The molecule has 0 radical (unpaired) electrons. The Labute approximate surface area is 85.5 Å². The maximum Gasteiger partial charge on any atom is 0.0622 e. The van der Waals surface area contributed by atoms with Crippen molar-refractivity contribution in [2.24, 2.45) is 5.41 Å². The lowest BCUT2D eigenvalue weighted by molar-refractivity contribution is 0.0290. The fourth-order valence-electron chi connectivity index (χ4n) is 1.75. The zero-order valence-corrected chi connectivity index (χ0v) is 9.07. The van der Waals surface area contributed by atoms with Gasteiger partial charge in [-0.3, -0.25) is 0 Å². The summed E-state index contributed by atoms with van der Waals surface area (Å²) in [5.74, 6) is 0. The maximum atomic E-state index is 9.16. The van der Waals surface area contributed by atoms with E-state index in [4.69, 9.17) is 14.9 Å².